The number of aryl methyl sites for hydroxylation is 1. The van der Waals surface area contributed by atoms with Crippen molar-refractivity contribution in [3.63, 3.8) is 0 Å². The summed E-state index contributed by atoms with van der Waals surface area (Å²) in [5.74, 6) is 1.44. The maximum atomic E-state index is 12.5. The number of carbonyl (C=O) groups excluding carboxylic acids is 1. The van der Waals surface area contributed by atoms with E-state index in [1.165, 1.54) is 0 Å². The Morgan fingerprint density at radius 1 is 1.37 bits per heavy atom. The maximum absolute atomic E-state index is 12.5. The lowest BCUT2D eigenvalue weighted by molar-refractivity contribution is -0.134. The first-order chi connectivity index (χ1) is 12.9. The SMILES string of the molecule is Cc1nc(N2CCC(CN(C)C(=O)C3CCOC3)CC2)c(C#N)c(C)c1Cl. The number of nitriles is 1. The van der Waals surface area contributed by atoms with Gasteiger partial charge in [-0.15, -0.1) is 0 Å². The predicted octanol–water partition coefficient (Wildman–Crippen LogP) is 2.93. The van der Waals surface area contributed by atoms with Crippen molar-refractivity contribution in [3.8, 4) is 6.07 Å². The van der Waals surface area contributed by atoms with Crippen molar-refractivity contribution in [1.82, 2.24) is 9.88 Å². The lowest BCUT2D eigenvalue weighted by Gasteiger charge is -2.35. The van der Waals surface area contributed by atoms with Gasteiger partial charge < -0.3 is 14.5 Å². The lowest BCUT2D eigenvalue weighted by atomic mass is 9.95. The zero-order valence-electron chi connectivity index (χ0n) is 16.3. The molecule has 0 radical (unpaired) electrons. The number of anilines is 1. The van der Waals surface area contributed by atoms with Gasteiger partial charge in [0.05, 0.1) is 28.8 Å². The van der Waals surface area contributed by atoms with Crippen LogP contribution in [0, 0.1) is 37.0 Å². The monoisotopic (exact) mass is 390 g/mol. The van der Waals surface area contributed by atoms with Gasteiger partial charge in [0.25, 0.3) is 0 Å². The Balaban J connectivity index is 1.61. The minimum absolute atomic E-state index is 0.0255. The zero-order valence-corrected chi connectivity index (χ0v) is 17.1. The Bertz CT molecular complexity index is 747. The summed E-state index contributed by atoms with van der Waals surface area (Å²) in [5.41, 5.74) is 2.12. The number of aromatic nitrogens is 1. The van der Waals surface area contributed by atoms with Crippen LogP contribution >= 0.6 is 11.6 Å². The molecule has 3 heterocycles. The molecule has 2 fully saturated rings. The van der Waals surface area contributed by atoms with Gasteiger partial charge in [-0.3, -0.25) is 4.79 Å². The van der Waals surface area contributed by atoms with Gasteiger partial charge in [0.15, 0.2) is 0 Å². The molecule has 3 rings (SSSR count). The smallest absolute Gasteiger partial charge is 0.227 e. The van der Waals surface area contributed by atoms with Crippen molar-refractivity contribution < 1.29 is 9.53 Å². The quantitative estimate of drug-likeness (QED) is 0.790. The largest absolute Gasteiger partial charge is 0.381 e. The van der Waals surface area contributed by atoms with Crippen LogP contribution in [0.2, 0.25) is 5.02 Å². The number of rotatable bonds is 4. The maximum Gasteiger partial charge on any atom is 0.227 e. The molecule has 0 N–H and O–H groups in total. The average molecular weight is 391 g/mol. The zero-order chi connectivity index (χ0) is 19.6. The number of hydrogen-bond acceptors (Lipinski definition) is 5. The van der Waals surface area contributed by atoms with E-state index < -0.39 is 0 Å². The molecule has 0 saturated carbocycles. The van der Waals surface area contributed by atoms with E-state index in [2.05, 4.69) is 16.0 Å². The molecule has 2 aliphatic heterocycles. The van der Waals surface area contributed by atoms with E-state index >= 15 is 0 Å². The van der Waals surface area contributed by atoms with Crippen molar-refractivity contribution in [2.75, 3.05) is 44.8 Å². The van der Waals surface area contributed by atoms with Crippen LogP contribution in [0.4, 0.5) is 5.82 Å². The predicted molar refractivity (Wildman–Crippen MR) is 105 cm³/mol. The summed E-state index contributed by atoms with van der Waals surface area (Å²) in [7, 11) is 1.90. The molecular weight excluding hydrogens is 364 g/mol. The van der Waals surface area contributed by atoms with Gasteiger partial charge in [0, 0.05) is 33.3 Å². The summed E-state index contributed by atoms with van der Waals surface area (Å²) >= 11 is 6.26. The first-order valence-corrected chi connectivity index (χ1v) is 9.94. The fourth-order valence-electron chi connectivity index (χ4n) is 4.02. The molecule has 27 heavy (non-hydrogen) atoms. The van der Waals surface area contributed by atoms with Crippen LogP contribution < -0.4 is 4.90 Å². The topological polar surface area (TPSA) is 69.5 Å². The molecule has 6 nitrogen and oxygen atoms in total. The molecule has 1 aromatic heterocycles. The second-order valence-corrected chi connectivity index (χ2v) is 8.03. The number of hydrogen-bond donors (Lipinski definition) is 0. The molecule has 0 aliphatic carbocycles. The minimum Gasteiger partial charge on any atom is -0.381 e. The highest BCUT2D eigenvalue weighted by atomic mass is 35.5. The summed E-state index contributed by atoms with van der Waals surface area (Å²) in [6.07, 6.45) is 2.79. The van der Waals surface area contributed by atoms with Crippen molar-refractivity contribution >= 4 is 23.3 Å². The third kappa shape index (κ3) is 4.20. The molecule has 1 unspecified atom stereocenters. The number of nitrogens with zero attached hydrogens (tertiary/aromatic N) is 4. The standard InChI is InChI=1S/C20H27ClN4O2/c1-13-17(10-22)19(23-14(2)18(13)21)25-7-4-15(5-8-25)11-24(3)20(26)16-6-9-27-12-16/h15-16H,4-9,11-12H2,1-3H3. The number of carbonyl (C=O) groups is 1. The summed E-state index contributed by atoms with van der Waals surface area (Å²) in [4.78, 5) is 21.1. The number of ether oxygens (including phenoxy) is 1. The van der Waals surface area contributed by atoms with E-state index in [4.69, 9.17) is 16.3 Å². The van der Waals surface area contributed by atoms with Gasteiger partial charge in [0.2, 0.25) is 5.91 Å². The number of piperidine rings is 1. The highest BCUT2D eigenvalue weighted by Gasteiger charge is 2.29. The first kappa shape index (κ1) is 19.9. The van der Waals surface area contributed by atoms with E-state index in [0.717, 1.165) is 56.0 Å². The van der Waals surface area contributed by atoms with Crippen molar-refractivity contribution in [1.29, 1.82) is 5.26 Å². The van der Waals surface area contributed by atoms with Crippen LogP contribution in [0.15, 0.2) is 0 Å². The summed E-state index contributed by atoms with van der Waals surface area (Å²) < 4.78 is 5.33. The fraction of sp³-hybridized carbons (Fsp3) is 0.650. The van der Waals surface area contributed by atoms with Crippen LogP contribution in [0.1, 0.15) is 36.1 Å². The summed E-state index contributed by atoms with van der Waals surface area (Å²) in [5, 5.41) is 10.1. The van der Waals surface area contributed by atoms with Crippen LogP contribution in [0.3, 0.4) is 0 Å². The molecule has 1 amide bonds. The normalized spacial score (nSPS) is 20.6. The molecule has 0 aromatic carbocycles. The molecule has 0 bridgehead atoms. The summed E-state index contributed by atoms with van der Waals surface area (Å²) in [6.45, 7) is 7.44. The molecule has 2 saturated heterocycles. The van der Waals surface area contributed by atoms with Gasteiger partial charge in [-0.2, -0.15) is 5.26 Å². The Morgan fingerprint density at radius 3 is 2.67 bits per heavy atom. The Hall–Kier alpha value is -1.84. The average Bonchev–Trinajstić information content (AvgIpc) is 3.20. The molecule has 7 heteroatoms. The summed E-state index contributed by atoms with van der Waals surface area (Å²) in [6, 6.07) is 2.27. The first-order valence-electron chi connectivity index (χ1n) is 9.56. The number of pyridine rings is 1. The van der Waals surface area contributed by atoms with E-state index in [-0.39, 0.29) is 11.8 Å². The van der Waals surface area contributed by atoms with Crippen molar-refractivity contribution in [2.24, 2.45) is 11.8 Å². The van der Waals surface area contributed by atoms with Crippen molar-refractivity contribution in [3.05, 3.63) is 21.8 Å². The Morgan fingerprint density at radius 2 is 2.07 bits per heavy atom. The van der Waals surface area contributed by atoms with Crippen LogP contribution in [0.5, 0.6) is 0 Å². The molecule has 2 aliphatic rings. The Kier molecular flexibility index (Phi) is 6.23. The van der Waals surface area contributed by atoms with Gasteiger partial charge in [-0.05, 0) is 44.6 Å². The van der Waals surface area contributed by atoms with Gasteiger partial charge in [0.1, 0.15) is 11.9 Å². The highest BCUT2D eigenvalue weighted by molar-refractivity contribution is 6.32. The minimum atomic E-state index is 0.0255. The van der Waals surface area contributed by atoms with Gasteiger partial charge in [-0.25, -0.2) is 4.98 Å². The van der Waals surface area contributed by atoms with E-state index in [9.17, 15) is 10.1 Å². The van der Waals surface area contributed by atoms with Gasteiger partial charge >= 0.3 is 0 Å². The van der Waals surface area contributed by atoms with Crippen LogP contribution in [0.25, 0.3) is 0 Å². The Labute approximate surface area is 166 Å². The molecular formula is C20H27ClN4O2. The molecule has 146 valence electrons. The van der Waals surface area contributed by atoms with E-state index in [0.29, 0.717) is 29.7 Å². The fourth-order valence-corrected chi connectivity index (χ4v) is 4.16. The highest BCUT2D eigenvalue weighted by Crippen LogP contribution is 2.31. The molecule has 1 aromatic rings. The lowest BCUT2D eigenvalue weighted by Crippen LogP contribution is -2.41. The molecule has 1 atom stereocenters. The van der Waals surface area contributed by atoms with Crippen molar-refractivity contribution in [2.45, 2.75) is 33.1 Å². The second-order valence-electron chi connectivity index (χ2n) is 7.66. The van der Waals surface area contributed by atoms with Gasteiger partial charge in [-0.1, -0.05) is 11.6 Å². The third-order valence-electron chi connectivity index (χ3n) is 5.73. The molecule has 0 spiro atoms. The number of halogens is 1. The van der Waals surface area contributed by atoms with Crippen LogP contribution in [-0.2, 0) is 9.53 Å². The van der Waals surface area contributed by atoms with E-state index in [1.54, 1.807) is 0 Å². The number of amides is 1. The van der Waals surface area contributed by atoms with E-state index in [1.807, 2.05) is 25.8 Å². The van der Waals surface area contributed by atoms with Crippen LogP contribution in [-0.4, -0.2) is 55.7 Å². The third-order valence-corrected chi connectivity index (χ3v) is 6.29. The second kappa shape index (κ2) is 8.45.